The van der Waals surface area contributed by atoms with Crippen molar-refractivity contribution >= 4 is 32.5 Å². The van der Waals surface area contributed by atoms with Gasteiger partial charge in [-0.05, 0) is 62.2 Å². The summed E-state index contributed by atoms with van der Waals surface area (Å²) in [5.41, 5.74) is -0.0913. The molecule has 5 heteroatoms. The molecule has 2 aromatic carbocycles. The summed E-state index contributed by atoms with van der Waals surface area (Å²) in [6.07, 6.45) is 1.93. The minimum Gasteiger partial charge on any atom is -0.444 e. The number of rotatable bonds is 5. The van der Waals surface area contributed by atoms with E-state index in [1.54, 1.807) is 0 Å². The number of benzene rings is 2. The van der Waals surface area contributed by atoms with Gasteiger partial charge in [0.05, 0.1) is 0 Å². The van der Waals surface area contributed by atoms with Gasteiger partial charge in [0.15, 0.2) is 0 Å². The van der Waals surface area contributed by atoms with E-state index in [0.29, 0.717) is 5.66 Å². The average Bonchev–Trinajstić information content (AvgIpc) is 3.15. The van der Waals surface area contributed by atoms with Crippen LogP contribution in [0.1, 0.15) is 68.7 Å². The fraction of sp³-hybridized carbons (Fsp3) is 0.567. The van der Waals surface area contributed by atoms with Crippen molar-refractivity contribution < 1.29 is 9.53 Å². The maximum atomic E-state index is 13.5. The third-order valence-electron chi connectivity index (χ3n) is 6.47. The molecule has 0 saturated carbocycles. The van der Waals surface area contributed by atoms with Gasteiger partial charge in [-0.15, -0.1) is 0 Å². The Hall–Kier alpha value is -1.43. The van der Waals surface area contributed by atoms with Crippen LogP contribution in [0.4, 0.5) is 4.79 Å². The minimum atomic E-state index is -0.587. The van der Waals surface area contributed by atoms with Crippen LogP contribution in [0.3, 0.4) is 0 Å². The molecule has 3 nitrogen and oxygen atoms in total. The summed E-state index contributed by atoms with van der Waals surface area (Å²) >= 11 is 0. The highest BCUT2D eigenvalue weighted by Crippen LogP contribution is 2.61. The number of hydrogen-bond acceptors (Lipinski definition) is 2. The van der Waals surface area contributed by atoms with Crippen LogP contribution in [0.25, 0.3) is 0 Å². The SMILES string of the molecule is CC(C)(C)OC(=O)N1C[C@@H](P(c2ccccc2)c2ccccc2)CC1CP(C(C)(C)C)C(C)(C)C. The Labute approximate surface area is 216 Å². The number of carbonyl (C=O) groups is 1. The van der Waals surface area contributed by atoms with Crippen LogP contribution in [0.2, 0.25) is 0 Å². The molecule has 0 aromatic heterocycles. The van der Waals surface area contributed by atoms with E-state index >= 15 is 0 Å². The first kappa shape index (κ1) is 28.1. The topological polar surface area (TPSA) is 29.5 Å². The van der Waals surface area contributed by atoms with Gasteiger partial charge in [0.2, 0.25) is 0 Å². The van der Waals surface area contributed by atoms with E-state index in [4.69, 9.17) is 4.74 Å². The predicted octanol–water partition coefficient (Wildman–Crippen LogP) is 7.58. The van der Waals surface area contributed by atoms with Gasteiger partial charge in [-0.2, -0.15) is 0 Å². The van der Waals surface area contributed by atoms with Crippen molar-refractivity contribution in [3.63, 3.8) is 0 Å². The largest absolute Gasteiger partial charge is 0.444 e. The summed E-state index contributed by atoms with van der Waals surface area (Å²) in [5, 5.41) is 3.21. The first-order valence-corrected chi connectivity index (χ1v) is 15.8. The summed E-state index contributed by atoms with van der Waals surface area (Å²) in [7, 11) is -0.914. The van der Waals surface area contributed by atoms with Gasteiger partial charge in [-0.3, -0.25) is 0 Å². The summed E-state index contributed by atoms with van der Waals surface area (Å²) in [4.78, 5) is 15.6. The molecule has 2 aromatic rings. The van der Waals surface area contributed by atoms with Gasteiger partial charge in [0.1, 0.15) is 5.60 Å². The van der Waals surface area contributed by atoms with Crippen molar-refractivity contribution in [3.8, 4) is 0 Å². The standard InChI is InChI=1S/C30H45NO2P2/c1-28(2,3)33-27(32)31-21-26(20-23(31)22-34(29(4,5)6)30(7,8)9)35(24-16-12-10-13-17-24)25-18-14-11-15-19-25/h10-19,23,26H,20-22H2,1-9H3/t23?,26-/m0/s1. The van der Waals surface area contributed by atoms with Gasteiger partial charge < -0.3 is 9.64 Å². The average molecular weight is 514 g/mol. The molecule has 0 spiro atoms. The lowest BCUT2D eigenvalue weighted by molar-refractivity contribution is 0.0241. The summed E-state index contributed by atoms with van der Waals surface area (Å²) < 4.78 is 5.95. The van der Waals surface area contributed by atoms with Crippen LogP contribution >= 0.6 is 15.8 Å². The smallest absolute Gasteiger partial charge is 0.410 e. The van der Waals surface area contributed by atoms with Crippen LogP contribution in [0, 0.1) is 0 Å². The lowest BCUT2D eigenvalue weighted by atomic mass is 10.2. The second kappa shape index (κ2) is 10.9. The highest BCUT2D eigenvalue weighted by Gasteiger charge is 2.45. The molecule has 0 N–H and O–H groups in total. The van der Waals surface area contributed by atoms with Crippen molar-refractivity contribution in [2.24, 2.45) is 0 Å². The van der Waals surface area contributed by atoms with Gasteiger partial charge in [0, 0.05) is 18.2 Å². The maximum absolute atomic E-state index is 13.5. The van der Waals surface area contributed by atoms with Crippen molar-refractivity contribution in [1.82, 2.24) is 4.90 Å². The number of carbonyl (C=O) groups excluding carboxylic acids is 1. The molecular formula is C30H45NO2P2. The number of likely N-dealkylation sites (tertiary alicyclic amines) is 1. The molecule has 0 bridgehead atoms. The molecule has 3 rings (SSSR count). The minimum absolute atomic E-state index is 0.154. The third kappa shape index (κ3) is 7.53. The number of hydrogen-bond donors (Lipinski definition) is 0. The van der Waals surface area contributed by atoms with Crippen LogP contribution in [-0.2, 0) is 4.74 Å². The molecule has 0 radical (unpaired) electrons. The molecular weight excluding hydrogens is 468 g/mol. The van der Waals surface area contributed by atoms with Crippen molar-refractivity contribution in [3.05, 3.63) is 60.7 Å². The Kier molecular flexibility index (Phi) is 8.77. The van der Waals surface area contributed by atoms with E-state index in [0.717, 1.165) is 19.1 Å². The van der Waals surface area contributed by atoms with Crippen molar-refractivity contribution in [2.75, 3.05) is 12.7 Å². The molecule has 1 amide bonds. The fourth-order valence-electron chi connectivity index (χ4n) is 5.31. The molecule has 192 valence electrons. The summed E-state index contributed by atoms with van der Waals surface area (Å²) in [6.45, 7) is 20.9. The first-order chi connectivity index (χ1) is 16.2. The normalized spacial score (nSPS) is 19.5. The Morgan fingerprint density at radius 1 is 0.829 bits per heavy atom. The van der Waals surface area contributed by atoms with Crippen LogP contribution in [0.5, 0.6) is 0 Å². The summed E-state index contributed by atoms with van der Waals surface area (Å²) in [5.74, 6) is 0. The Balaban J connectivity index is 1.99. The monoisotopic (exact) mass is 513 g/mol. The van der Waals surface area contributed by atoms with Gasteiger partial charge in [-0.1, -0.05) is 110 Å². The summed E-state index contributed by atoms with van der Waals surface area (Å²) in [6, 6.07) is 22.0. The quantitative estimate of drug-likeness (QED) is 0.386. The fourth-order valence-corrected chi connectivity index (χ4v) is 12.1. The molecule has 1 heterocycles. The Morgan fingerprint density at radius 2 is 1.29 bits per heavy atom. The van der Waals surface area contributed by atoms with E-state index in [2.05, 4.69) is 107 Å². The Bertz CT molecular complexity index is 904. The molecule has 2 atom stereocenters. The third-order valence-corrected chi connectivity index (χ3v) is 13.3. The Morgan fingerprint density at radius 3 is 1.69 bits per heavy atom. The predicted molar refractivity (Wildman–Crippen MR) is 155 cm³/mol. The van der Waals surface area contributed by atoms with Gasteiger partial charge in [0.25, 0.3) is 0 Å². The molecule has 35 heavy (non-hydrogen) atoms. The lowest BCUT2D eigenvalue weighted by Gasteiger charge is -2.44. The second-order valence-electron chi connectivity index (χ2n) is 12.7. The highest BCUT2D eigenvalue weighted by molar-refractivity contribution is 7.73. The van der Waals surface area contributed by atoms with Crippen LogP contribution in [-0.4, -0.2) is 51.3 Å². The van der Waals surface area contributed by atoms with Gasteiger partial charge in [-0.25, -0.2) is 4.79 Å². The highest BCUT2D eigenvalue weighted by atomic mass is 31.1. The first-order valence-electron chi connectivity index (χ1n) is 12.8. The molecule has 1 saturated heterocycles. The van der Waals surface area contributed by atoms with Crippen molar-refractivity contribution in [2.45, 2.75) is 96.3 Å². The second-order valence-corrected chi connectivity index (χ2v) is 19.1. The van der Waals surface area contributed by atoms with E-state index < -0.39 is 13.5 Å². The van der Waals surface area contributed by atoms with Crippen LogP contribution in [0.15, 0.2) is 60.7 Å². The lowest BCUT2D eigenvalue weighted by Crippen LogP contribution is -2.43. The number of amides is 1. The van der Waals surface area contributed by atoms with E-state index in [1.165, 1.54) is 10.6 Å². The molecule has 1 aliphatic rings. The molecule has 1 fully saturated rings. The van der Waals surface area contributed by atoms with Crippen molar-refractivity contribution in [1.29, 1.82) is 0 Å². The van der Waals surface area contributed by atoms with Gasteiger partial charge >= 0.3 is 6.09 Å². The molecule has 1 unspecified atom stereocenters. The van der Waals surface area contributed by atoms with E-state index in [9.17, 15) is 4.79 Å². The zero-order valence-corrected chi connectivity index (χ0v) is 25.0. The maximum Gasteiger partial charge on any atom is 0.410 e. The van der Waals surface area contributed by atoms with Crippen LogP contribution < -0.4 is 10.6 Å². The number of nitrogens with zero attached hydrogens (tertiary/aromatic N) is 1. The van der Waals surface area contributed by atoms with E-state index in [-0.39, 0.29) is 30.4 Å². The van der Waals surface area contributed by atoms with E-state index in [1.807, 2.05) is 20.8 Å². The molecule has 0 aliphatic carbocycles. The molecule has 1 aliphatic heterocycles. The number of ether oxygens (including phenoxy) is 1. The zero-order chi connectivity index (χ0) is 26.0. The zero-order valence-electron chi connectivity index (χ0n) is 23.2.